The van der Waals surface area contributed by atoms with Crippen molar-refractivity contribution >= 4 is 15.7 Å². The van der Waals surface area contributed by atoms with E-state index in [2.05, 4.69) is 6.58 Å². The zero-order valence-corrected chi connectivity index (χ0v) is 13.6. The SMILES string of the molecule is C=CC(=O)N(CS(=O)(=O)Cc1ccccc1)C1CCCCC1. The standard InChI is InChI=1S/C17H23NO3S/c1-2-17(19)18(16-11-7-4-8-12-16)14-22(20,21)13-15-9-5-3-6-10-15/h2-3,5-6,9-10,16H,1,4,7-8,11-14H2. The largest absolute Gasteiger partial charge is 0.322 e. The van der Waals surface area contributed by atoms with Crippen LogP contribution in [0.15, 0.2) is 43.0 Å². The van der Waals surface area contributed by atoms with Crippen LogP contribution in [0.3, 0.4) is 0 Å². The summed E-state index contributed by atoms with van der Waals surface area (Å²) < 4.78 is 24.9. The maximum absolute atomic E-state index is 12.4. The molecule has 2 rings (SSSR count). The first-order valence-corrected chi connectivity index (χ1v) is 9.51. The second-order valence-corrected chi connectivity index (χ2v) is 7.84. The summed E-state index contributed by atoms with van der Waals surface area (Å²) in [6.07, 6.45) is 6.21. The van der Waals surface area contributed by atoms with Gasteiger partial charge in [-0.2, -0.15) is 0 Å². The van der Waals surface area contributed by atoms with Crippen LogP contribution in [0.25, 0.3) is 0 Å². The summed E-state index contributed by atoms with van der Waals surface area (Å²) in [5.74, 6) is -0.553. The van der Waals surface area contributed by atoms with Gasteiger partial charge in [0, 0.05) is 6.04 Å². The van der Waals surface area contributed by atoms with Gasteiger partial charge in [-0.25, -0.2) is 8.42 Å². The Kier molecular flexibility index (Phi) is 5.77. The van der Waals surface area contributed by atoms with Crippen LogP contribution < -0.4 is 0 Å². The van der Waals surface area contributed by atoms with Crippen LogP contribution in [0.1, 0.15) is 37.7 Å². The van der Waals surface area contributed by atoms with Crippen LogP contribution in [0.5, 0.6) is 0 Å². The molecule has 0 aromatic heterocycles. The van der Waals surface area contributed by atoms with Gasteiger partial charge in [-0.1, -0.05) is 56.2 Å². The lowest BCUT2D eigenvalue weighted by molar-refractivity contribution is -0.127. The molecule has 0 unspecified atom stereocenters. The first-order valence-electron chi connectivity index (χ1n) is 7.69. The van der Waals surface area contributed by atoms with Crippen LogP contribution in [0.4, 0.5) is 0 Å². The van der Waals surface area contributed by atoms with Gasteiger partial charge in [-0.3, -0.25) is 4.79 Å². The van der Waals surface area contributed by atoms with Crippen molar-refractivity contribution < 1.29 is 13.2 Å². The Morgan fingerprint density at radius 1 is 1.18 bits per heavy atom. The molecular formula is C17H23NO3S. The third-order valence-corrected chi connectivity index (χ3v) is 5.48. The van der Waals surface area contributed by atoms with E-state index in [1.807, 2.05) is 18.2 Å². The minimum Gasteiger partial charge on any atom is -0.322 e. The van der Waals surface area contributed by atoms with E-state index in [-0.39, 0.29) is 23.6 Å². The Morgan fingerprint density at radius 3 is 2.41 bits per heavy atom. The van der Waals surface area contributed by atoms with Gasteiger partial charge in [0.15, 0.2) is 9.84 Å². The van der Waals surface area contributed by atoms with Gasteiger partial charge in [0.1, 0.15) is 5.88 Å². The molecule has 120 valence electrons. The summed E-state index contributed by atoms with van der Waals surface area (Å²) >= 11 is 0. The van der Waals surface area contributed by atoms with Gasteiger partial charge in [0.05, 0.1) is 5.75 Å². The van der Waals surface area contributed by atoms with Crippen LogP contribution in [-0.2, 0) is 20.4 Å². The topological polar surface area (TPSA) is 54.5 Å². The number of rotatable bonds is 6. The molecule has 5 heteroatoms. The number of carbonyl (C=O) groups is 1. The monoisotopic (exact) mass is 321 g/mol. The number of carbonyl (C=O) groups excluding carboxylic acids is 1. The highest BCUT2D eigenvalue weighted by molar-refractivity contribution is 7.90. The Balaban J connectivity index is 2.11. The van der Waals surface area contributed by atoms with E-state index in [1.165, 1.54) is 11.0 Å². The summed E-state index contributed by atoms with van der Waals surface area (Å²) in [7, 11) is -3.38. The molecule has 0 N–H and O–H groups in total. The second kappa shape index (κ2) is 7.58. The average Bonchev–Trinajstić information content (AvgIpc) is 2.53. The lowest BCUT2D eigenvalue weighted by Crippen LogP contribution is -2.43. The van der Waals surface area contributed by atoms with Crippen molar-refractivity contribution in [3.8, 4) is 0 Å². The normalized spacial score (nSPS) is 16.2. The van der Waals surface area contributed by atoms with E-state index in [0.717, 1.165) is 37.7 Å². The molecule has 0 aliphatic heterocycles. The summed E-state index contributed by atoms with van der Waals surface area (Å²) in [5, 5.41) is 0. The number of sulfone groups is 1. The highest BCUT2D eigenvalue weighted by Crippen LogP contribution is 2.24. The molecule has 0 heterocycles. The third kappa shape index (κ3) is 4.70. The zero-order chi connectivity index (χ0) is 16.0. The molecule has 1 aromatic carbocycles. The molecule has 4 nitrogen and oxygen atoms in total. The smallest absolute Gasteiger partial charge is 0.247 e. The van der Waals surface area contributed by atoms with Gasteiger partial charge in [-0.15, -0.1) is 0 Å². The van der Waals surface area contributed by atoms with E-state index in [1.54, 1.807) is 12.1 Å². The van der Waals surface area contributed by atoms with Crippen molar-refractivity contribution in [2.24, 2.45) is 0 Å². The van der Waals surface area contributed by atoms with E-state index in [9.17, 15) is 13.2 Å². The number of amides is 1. The summed E-state index contributed by atoms with van der Waals surface area (Å²) in [5.41, 5.74) is 0.747. The van der Waals surface area contributed by atoms with E-state index < -0.39 is 9.84 Å². The van der Waals surface area contributed by atoms with Crippen molar-refractivity contribution in [1.82, 2.24) is 4.90 Å². The maximum atomic E-state index is 12.4. The average molecular weight is 321 g/mol. The molecule has 1 aliphatic rings. The molecule has 0 spiro atoms. The predicted molar refractivity (Wildman–Crippen MR) is 87.8 cm³/mol. The second-order valence-electron chi connectivity index (χ2n) is 5.81. The molecule has 1 amide bonds. The van der Waals surface area contributed by atoms with Gasteiger partial charge < -0.3 is 4.90 Å². The van der Waals surface area contributed by atoms with Crippen LogP contribution in [0, 0.1) is 0 Å². The van der Waals surface area contributed by atoms with Crippen LogP contribution in [-0.4, -0.2) is 31.1 Å². The number of benzene rings is 1. The van der Waals surface area contributed by atoms with Crippen molar-refractivity contribution in [2.75, 3.05) is 5.88 Å². The molecule has 1 aliphatic carbocycles. The van der Waals surface area contributed by atoms with Gasteiger partial charge in [0.2, 0.25) is 5.91 Å². The van der Waals surface area contributed by atoms with Crippen molar-refractivity contribution in [3.05, 3.63) is 48.6 Å². The highest BCUT2D eigenvalue weighted by Gasteiger charge is 2.28. The predicted octanol–water partition coefficient (Wildman–Crippen LogP) is 2.91. The fourth-order valence-corrected chi connectivity index (χ4v) is 4.50. The van der Waals surface area contributed by atoms with E-state index >= 15 is 0 Å². The lowest BCUT2D eigenvalue weighted by atomic mass is 9.94. The summed E-state index contributed by atoms with van der Waals surface area (Å²) in [6, 6.07) is 9.09. The van der Waals surface area contributed by atoms with Crippen molar-refractivity contribution in [2.45, 2.75) is 43.9 Å². The first-order chi connectivity index (χ1) is 10.5. The fourth-order valence-electron chi connectivity index (χ4n) is 2.94. The van der Waals surface area contributed by atoms with Crippen molar-refractivity contribution in [3.63, 3.8) is 0 Å². The fraction of sp³-hybridized carbons (Fsp3) is 0.471. The molecule has 1 saturated carbocycles. The number of nitrogens with zero attached hydrogens (tertiary/aromatic N) is 1. The van der Waals surface area contributed by atoms with Gasteiger partial charge in [0.25, 0.3) is 0 Å². The van der Waals surface area contributed by atoms with E-state index in [4.69, 9.17) is 0 Å². The minimum absolute atomic E-state index is 0.0183. The Hall–Kier alpha value is -1.62. The van der Waals surface area contributed by atoms with Crippen LogP contribution in [0.2, 0.25) is 0 Å². The summed E-state index contributed by atoms with van der Waals surface area (Å²) in [4.78, 5) is 13.6. The Morgan fingerprint density at radius 2 is 1.82 bits per heavy atom. The van der Waals surface area contributed by atoms with Gasteiger partial charge >= 0.3 is 0 Å². The zero-order valence-electron chi connectivity index (χ0n) is 12.8. The summed E-state index contributed by atoms with van der Waals surface area (Å²) in [6.45, 7) is 3.50. The number of hydrogen-bond donors (Lipinski definition) is 0. The van der Waals surface area contributed by atoms with Crippen molar-refractivity contribution in [1.29, 1.82) is 0 Å². The van der Waals surface area contributed by atoms with Crippen LogP contribution >= 0.6 is 0 Å². The molecule has 0 atom stereocenters. The molecule has 0 bridgehead atoms. The van der Waals surface area contributed by atoms with E-state index in [0.29, 0.717) is 0 Å². The highest BCUT2D eigenvalue weighted by atomic mass is 32.2. The molecule has 1 aromatic rings. The molecule has 22 heavy (non-hydrogen) atoms. The molecule has 0 saturated heterocycles. The minimum atomic E-state index is -3.38. The van der Waals surface area contributed by atoms with Gasteiger partial charge in [-0.05, 0) is 24.5 Å². The third-order valence-electron chi connectivity index (χ3n) is 4.04. The Bertz CT molecular complexity index is 604. The Labute approximate surface area is 132 Å². The quantitative estimate of drug-likeness (QED) is 0.757. The number of hydrogen-bond acceptors (Lipinski definition) is 3. The molecular weight excluding hydrogens is 298 g/mol. The first kappa shape index (κ1) is 16.7. The molecule has 0 radical (unpaired) electrons. The molecule has 1 fully saturated rings. The lowest BCUT2D eigenvalue weighted by Gasteiger charge is -2.33. The maximum Gasteiger partial charge on any atom is 0.247 e.